The summed E-state index contributed by atoms with van der Waals surface area (Å²) < 4.78 is 12.3. The van der Waals surface area contributed by atoms with Crippen LogP contribution in [0.4, 0.5) is 0 Å². The number of benzene rings is 2. The summed E-state index contributed by atoms with van der Waals surface area (Å²) in [7, 11) is 1.65. The first kappa shape index (κ1) is 14.4. The van der Waals surface area contributed by atoms with Gasteiger partial charge in [-0.3, -0.25) is 0 Å². The quantitative estimate of drug-likeness (QED) is 0.679. The van der Waals surface area contributed by atoms with Gasteiger partial charge in [0, 0.05) is 15.4 Å². The van der Waals surface area contributed by atoms with Gasteiger partial charge in [0.2, 0.25) is 0 Å². The Bertz CT molecular complexity index is 541. The van der Waals surface area contributed by atoms with E-state index in [0.717, 1.165) is 27.1 Å². The first-order valence-corrected chi connectivity index (χ1v) is 7.75. The molecule has 0 radical (unpaired) electrons. The highest BCUT2D eigenvalue weighted by atomic mass is 79.9. The molecule has 2 rings (SSSR count). The lowest BCUT2D eigenvalue weighted by atomic mass is 10.2. The number of ether oxygens (including phenoxy) is 2. The lowest BCUT2D eigenvalue weighted by Gasteiger charge is -2.15. The molecule has 0 atom stereocenters. The summed E-state index contributed by atoms with van der Waals surface area (Å²) in [6.07, 6.45) is 0. The van der Waals surface area contributed by atoms with Crippen molar-refractivity contribution in [2.24, 2.45) is 0 Å². The Morgan fingerprint density at radius 1 is 1.05 bits per heavy atom. The molecule has 19 heavy (non-hydrogen) atoms. The molecule has 0 saturated heterocycles. The zero-order chi connectivity index (χ0) is 13.7. The second-order valence-electron chi connectivity index (χ2n) is 3.97. The summed E-state index contributed by atoms with van der Waals surface area (Å²) in [6.45, 7) is 0.521. The van der Waals surface area contributed by atoms with Gasteiger partial charge >= 0.3 is 0 Å². The van der Waals surface area contributed by atoms with Crippen molar-refractivity contribution in [3.8, 4) is 11.5 Å². The third-order valence-electron chi connectivity index (χ3n) is 2.75. The van der Waals surface area contributed by atoms with Gasteiger partial charge < -0.3 is 9.47 Å². The van der Waals surface area contributed by atoms with Crippen LogP contribution in [0.2, 0.25) is 0 Å². The van der Waals surface area contributed by atoms with Crippen molar-refractivity contribution in [3.63, 3.8) is 0 Å². The van der Waals surface area contributed by atoms with Crippen molar-refractivity contribution >= 4 is 31.9 Å². The molecular weight excluding hydrogens is 372 g/mol. The summed E-state index contributed by atoms with van der Waals surface area (Å²) >= 11 is 7.01. The number of alkyl halides is 1. The maximum atomic E-state index is 5.93. The summed E-state index contributed by atoms with van der Waals surface area (Å²) in [5, 5.41) is 0.703. The zero-order valence-electron chi connectivity index (χ0n) is 10.5. The minimum atomic E-state index is 0.521. The Morgan fingerprint density at radius 2 is 1.79 bits per heavy atom. The Kier molecular flexibility index (Phi) is 5.28. The minimum Gasteiger partial charge on any atom is -0.493 e. The van der Waals surface area contributed by atoms with Crippen molar-refractivity contribution in [3.05, 3.63) is 58.1 Å². The molecular formula is C15H14Br2O2. The lowest BCUT2D eigenvalue weighted by Crippen LogP contribution is -2.01. The average Bonchev–Trinajstić information content (AvgIpc) is 2.46. The van der Waals surface area contributed by atoms with Gasteiger partial charge in [0.25, 0.3) is 0 Å². The van der Waals surface area contributed by atoms with Gasteiger partial charge in [-0.1, -0.05) is 62.2 Å². The van der Waals surface area contributed by atoms with E-state index in [1.54, 1.807) is 7.11 Å². The Labute approximate surface area is 130 Å². The molecule has 2 nitrogen and oxygen atoms in total. The molecule has 4 heteroatoms. The molecule has 2 aromatic carbocycles. The van der Waals surface area contributed by atoms with Crippen LogP contribution in [0.3, 0.4) is 0 Å². The van der Waals surface area contributed by atoms with E-state index in [1.165, 1.54) is 0 Å². The van der Waals surface area contributed by atoms with E-state index in [0.29, 0.717) is 11.9 Å². The summed E-state index contributed by atoms with van der Waals surface area (Å²) in [5.41, 5.74) is 2.18. The third-order valence-corrected chi connectivity index (χ3v) is 4.05. The number of methoxy groups -OCH3 is 1. The molecule has 0 unspecified atom stereocenters. The standard InChI is InChI=1S/C15H14Br2O2/c1-18-14-8-7-13(17)12(9-16)15(14)19-10-11-5-3-2-4-6-11/h2-8H,9-10H2,1H3. The molecule has 0 amide bonds. The van der Waals surface area contributed by atoms with Gasteiger partial charge in [-0.05, 0) is 17.7 Å². The molecule has 0 spiro atoms. The first-order valence-electron chi connectivity index (χ1n) is 5.84. The van der Waals surface area contributed by atoms with Crippen LogP contribution >= 0.6 is 31.9 Å². The van der Waals surface area contributed by atoms with Crippen LogP contribution in [0, 0.1) is 0 Å². The normalized spacial score (nSPS) is 10.3. The minimum absolute atomic E-state index is 0.521. The van der Waals surface area contributed by atoms with E-state index < -0.39 is 0 Å². The number of hydrogen-bond acceptors (Lipinski definition) is 2. The van der Waals surface area contributed by atoms with Gasteiger partial charge in [0.15, 0.2) is 11.5 Å². The van der Waals surface area contributed by atoms with Crippen molar-refractivity contribution in [2.45, 2.75) is 11.9 Å². The van der Waals surface area contributed by atoms with E-state index in [1.807, 2.05) is 42.5 Å². The SMILES string of the molecule is COc1ccc(Br)c(CBr)c1OCc1ccccc1. The van der Waals surface area contributed by atoms with Gasteiger partial charge in [0.1, 0.15) is 6.61 Å². The van der Waals surface area contributed by atoms with Crippen molar-refractivity contribution < 1.29 is 9.47 Å². The van der Waals surface area contributed by atoms with Crippen molar-refractivity contribution in [1.82, 2.24) is 0 Å². The summed E-state index contributed by atoms with van der Waals surface area (Å²) in [6, 6.07) is 13.9. The lowest BCUT2D eigenvalue weighted by molar-refractivity contribution is 0.282. The van der Waals surface area contributed by atoms with Crippen LogP contribution in [0.15, 0.2) is 46.9 Å². The number of halogens is 2. The monoisotopic (exact) mass is 384 g/mol. The third kappa shape index (κ3) is 3.51. The predicted molar refractivity (Wildman–Crippen MR) is 84.1 cm³/mol. The zero-order valence-corrected chi connectivity index (χ0v) is 13.7. The maximum absolute atomic E-state index is 5.93. The molecule has 0 aliphatic carbocycles. The van der Waals surface area contributed by atoms with Crippen LogP contribution in [-0.2, 0) is 11.9 Å². The van der Waals surface area contributed by atoms with Crippen molar-refractivity contribution in [1.29, 1.82) is 0 Å². The van der Waals surface area contributed by atoms with Crippen molar-refractivity contribution in [2.75, 3.05) is 7.11 Å². The van der Waals surface area contributed by atoms with Gasteiger partial charge in [-0.25, -0.2) is 0 Å². The van der Waals surface area contributed by atoms with E-state index in [9.17, 15) is 0 Å². The highest BCUT2D eigenvalue weighted by Crippen LogP contribution is 2.37. The van der Waals surface area contributed by atoms with Gasteiger partial charge in [0.05, 0.1) is 7.11 Å². The second kappa shape index (κ2) is 6.96. The Morgan fingerprint density at radius 3 is 2.42 bits per heavy atom. The fourth-order valence-corrected chi connectivity index (χ4v) is 3.14. The molecule has 0 bridgehead atoms. The van der Waals surface area contributed by atoms with Crippen LogP contribution in [-0.4, -0.2) is 7.11 Å². The Hall–Kier alpha value is -1.00. The maximum Gasteiger partial charge on any atom is 0.166 e. The average molecular weight is 386 g/mol. The van der Waals surface area contributed by atoms with E-state index >= 15 is 0 Å². The highest BCUT2D eigenvalue weighted by Gasteiger charge is 2.13. The van der Waals surface area contributed by atoms with Gasteiger partial charge in [-0.2, -0.15) is 0 Å². The molecule has 100 valence electrons. The number of rotatable bonds is 5. The largest absolute Gasteiger partial charge is 0.493 e. The Balaban J connectivity index is 2.25. The topological polar surface area (TPSA) is 18.5 Å². The molecule has 0 heterocycles. The first-order chi connectivity index (χ1) is 9.26. The molecule has 0 aliphatic heterocycles. The molecule has 0 aliphatic rings. The smallest absolute Gasteiger partial charge is 0.166 e. The van der Waals surface area contributed by atoms with E-state index in [-0.39, 0.29) is 0 Å². The molecule has 0 saturated carbocycles. The van der Waals surface area contributed by atoms with Crippen LogP contribution in [0.5, 0.6) is 11.5 Å². The fourth-order valence-electron chi connectivity index (χ4n) is 1.76. The second-order valence-corrected chi connectivity index (χ2v) is 5.38. The number of hydrogen-bond donors (Lipinski definition) is 0. The highest BCUT2D eigenvalue weighted by molar-refractivity contribution is 9.10. The van der Waals surface area contributed by atoms with Crippen LogP contribution in [0.25, 0.3) is 0 Å². The molecule has 2 aromatic rings. The fraction of sp³-hybridized carbons (Fsp3) is 0.200. The predicted octanol–water partition coefficient (Wildman–Crippen LogP) is 4.93. The van der Waals surface area contributed by atoms with Gasteiger partial charge in [-0.15, -0.1) is 0 Å². The van der Waals surface area contributed by atoms with E-state index in [2.05, 4.69) is 31.9 Å². The van der Waals surface area contributed by atoms with E-state index in [4.69, 9.17) is 9.47 Å². The van der Waals surface area contributed by atoms with Crippen LogP contribution < -0.4 is 9.47 Å². The summed E-state index contributed by atoms with van der Waals surface area (Å²) in [4.78, 5) is 0. The molecule has 0 aromatic heterocycles. The molecule has 0 N–H and O–H groups in total. The molecule has 0 fully saturated rings. The summed E-state index contributed by atoms with van der Waals surface area (Å²) in [5.74, 6) is 1.52. The van der Waals surface area contributed by atoms with Crippen LogP contribution in [0.1, 0.15) is 11.1 Å².